The van der Waals surface area contributed by atoms with Gasteiger partial charge in [0, 0.05) is 17.6 Å². The Morgan fingerprint density at radius 2 is 1.76 bits per heavy atom. The van der Waals surface area contributed by atoms with Gasteiger partial charge in [-0.3, -0.25) is 14.9 Å². The SMILES string of the molecule is CC(C)(C)N(C(=O)O)c1ccc(CCCC(=O)NO)cc1. The molecule has 1 rings (SSSR count). The molecule has 21 heavy (non-hydrogen) atoms. The Kier molecular flexibility index (Phi) is 5.72. The van der Waals surface area contributed by atoms with Crippen molar-refractivity contribution in [3.8, 4) is 0 Å². The molecule has 116 valence electrons. The predicted octanol–water partition coefficient (Wildman–Crippen LogP) is 2.80. The molecule has 0 bridgehead atoms. The Balaban J connectivity index is 2.73. The van der Waals surface area contributed by atoms with Crippen LogP contribution in [0.5, 0.6) is 0 Å². The van der Waals surface area contributed by atoms with Crippen LogP contribution in [-0.4, -0.2) is 27.9 Å². The standard InChI is InChI=1S/C15H22N2O4/c1-15(2,3)17(14(19)20)12-9-7-11(8-10-12)5-4-6-13(18)16-21/h7-10,21H,4-6H2,1-3H3,(H,16,18)(H,19,20). The van der Waals surface area contributed by atoms with Crippen LogP contribution in [0.2, 0.25) is 0 Å². The van der Waals surface area contributed by atoms with Gasteiger partial charge < -0.3 is 5.11 Å². The molecule has 0 aliphatic heterocycles. The lowest BCUT2D eigenvalue weighted by Crippen LogP contribution is -2.45. The summed E-state index contributed by atoms with van der Waals surface area (Å²) in [6.07, 6.45) is 0.570. The van der Waals surface area contributed by atoms with Gasteiger partial charge in [-0.1, -0.05) is 12.1 Å². The van der Waals surface area contributed by atoms with E-state index in [-0.39, 0.29) is 6.42 Å². The lowest BCUT2D eigenvalue weighted by molar-refractivity contribution is -0.129. The van der Waals surface area contributed by atoms with Crippen molar-refractivity contribution in [2.24, 2.45) is 0 Å². The highest BCUT2D eigenvalue weighted by molar-refractivity contribution is 5.87. The molecule has 0 aliphatic rings. The number of nitrogens with one attached hydrogen (secondary N) is 1. The predicted molar refractivity (Wildman–Crippen MR) is 79.6 cm³/mol. The topological polar surface area (TPSA) is 89.9 Å². The average Bonchev–Trinajstić information content (AvgIpc) is 2.38. The van der Waals surface area contributed by atoms with Gasteiger partial charge in [0.15, 0.2) is 0 Å². The number of rotatable bonds is 5. The quantitative estimate of drug-likeness (QED) is 0.575. The molecule has 0 aliphatic carbocycles. The molecule has 3 N–H and O–H groups in total. The monoisotopic (exact) mass is 294 g/mol. The van der Waals surface area contributed by atoms with Gasteiger partial charge in [0.1, 0.15) is 0 Å². The Hall–Kier alpha value is -2.08. The second kappa shape index (κ2) is 7.08. The molecular formula is C15H22N2O4. The highest BCUT2D eigenvalue weighted by Gasteiger charge is 2.27. The van der Waals surface area contributed by atoms with Crippen molar-refractivity contribution in [1.82, 2.24) is 5.48 Å². The van der Waals surface area contributed by atoms with Gasteiger partial charge in [0.2, 0.25) is 5.91 Å². The number of hydroxylamine groups is 1. The van der Waals surface area contributed by atoms with Crippen LogP contribution >= 0.6 is 0 Å². The third-order valence-electron chi connectivity index (χ3n) is 3.05. The number of benzene rings is 1. The summed E-state index contributed by atoms with van der Waals surface area (Å²) in [6.45, 7) is 5.51. The summed E-state index contributed by atoms with van der Waals surface area (Å²) in [6, 6.07) is 7.24. The highest BCUT2D eigenvalue weighted by atomic mass is 16.5. The molecule has 0 saturated carbocycles. The van der Waals surface area contributed by atoms with Crippen molar-refractivity contribution in [2.75, 3.05) is 4.90 Å². The van der Waals surface area contributed by atoms with Crippen molar-refractivity contribution < 1.29 is 19.9 Å². The van der Waals surface area contributed by atoms with E-state index in [1.807, 2.05) is 32.9 Å². The van der Waals surface area contributed by atoms with E-state index in [2.05, 4.69) is 0 Å². The van der Waals surface area contributed by atoms with Crippen LogP contribution in [0.4, 0.5) is 10.5 Å². The largest absolute Gasteiger partial charge is 0.465 e. The molecule has 0 atom stereocenters. The van der Waals surface area contributed by atoms with E-state index in [9.17, 15) is 14.7 Å². The van der Waals surface area contributed by atoms with E-state index in [0.29, 0.717) is 18.5 Å². The molecule has 1 aromatic carbocycles. The van der Waals surface area contributed by atoms with Gasteiger partial charge in [-0.05, 0) is 51.3 Å². The van der Waals surface area contributed by atoms with E-state index < -0.39 is 17.5 Å². The molecule has 0 heterocycles. The van der Waals surface area contributed by atoms with Gasteiger partial charge in [0.05, 0.1) is 0 Å². The Bertz CT molecular complexity index is 491. The minimum Gasteiger partial charge on any atom is -0.465 e. The second-order valence-corrected chi connectivity index (χ2v) is 5.84. The molecule has 0 radical (unpaired) electrons. The van der Waals surface area contributed by atoms with Gasteiger partial charge in [-0.25, -0.2) is 10.3 Å². The summed E-state index contributed by atoms with van der Waals surface area (Å²) in [7, 11) is 0. The molecule has 2 amide bonds. The van der Waals surface area contributed by atoms with Gasteiger partial charge in [-0.2, -0.15) is 0 Å². The third-order valence-corrected chi connectivity index (χ3v) is 3.05. The summed E-state index contributed by atoms with van der Waals surface area (Å²) in [4.78, 5) is 23.6. The Morgan fingerprint density at radius 3 is 2.19 bits per heavy atom. The average molecular weight is 294 g/mol. The number of amides is 2. The summed E-state index contributed by atoms with van der Waals surface area (Å²) < 4.78 is 0. The highest BCUT2D eigenvalue weighted by Crippen LogP contribution is 2.24. The Morgan fingerprint density at radius 1 is 1.19 bits per heavy atom. The second-order valence-electron chi connectivity index (χ2n) is 5.84. The number of aryl methyl sites for hydroxylation is 1. The van der Waals surface area contributed by atoms with E-state index in [4.69, 9.17) is 5.21 Å². The number of carbonyl (C=O) groups excluding carboxylic acids is 1. The number of carbonyl (C=O) groups is 2. The summed E-state index contributed by atoms with van der Waals surface area (Å²) in [5, 5.41) is 17.7. The maximum absolute atomic E-state index is 11.4. The van der Waals surface area contributed by atoms with Crippen molar-refractivity contribution in [2.45, 2.75) is 45.6 Å². The van der Waals surface area contributed by atoms with E-state index in [0.717, 1.165) is 5.56 Å². The normalized spacial score (nSPS) is 11.0. The van der Waals surface area contributed by atoms with Crippen molar-refractivity contribution in [1.29, 1.82) is 0 Å². The van der Waals surface area contributed by atoms with Crippen LogP contribution in [0.15, 0.2) is 24.3 Å². The fourth-order valence-electron chi connectivity index (χ4n) is 2.11. The molecule has 6 heteroatoms. The number of nitrogens with zero attached hydrogens (tertiary/aromatic N) is 1. The first-order chi connectivity index (χ1) is 9.75. The third kappa shape index (κ3) is 5.07. The molecule has 0 saturated heterocycles. The van der Waals surface area contributed by atoms with Crippen LogP contribution in [-0.2, 0) is 11.2 Å². The van der Waals surface area contributed by atoms with Crippen molar-refractivity contribution in [3.05, 3.63) is 29.8 Å². The summed E-state index contributed by atoms with van der Waals surface area (Å²) >= 11 is 0. The van der Waals surface area contributed by atoms with Crippen LogP contribution in [0.3, 0.4) is 0 Å². The fourth-order valence-corrected chi connectivity index (χ4v) is 2.11. The molecule has 6 nitrogen and oxygen atoms in total. The lowest BCUT2D eigenvalue weighted by atomic mass is 10.0. The van der Waals surface area contributed by atoms with Crippen LogP contribution in [0, 0.1) is 0 Å². The van der Waals surface area contributed by atoms with Crippen molar-refractivity contribution in [3.63, 3.8) is 0 Å². The van der Waals surface area contributed by atoms with Crippen LogP contribution in [0.25, 0.3) is 0 Å². The van der Waals surface area contributed by atoms with E-state index in [1.165, 1.54) is 4.90 Å². The molecule has 0 aromatic heterocycles. The molecule has 0 fully saturated rings. The number of carboxylic acid groups (broad SMARTS) is 1. The van der Waals surface area contributed by atoms with Crippen molar-refractivity contribution >= 4 is 17.7 Å². The molecular weight excluding hydrogens is 272 g/mol. The minimum absolute atomic E-state index is 0.251. The van der Waals surface area contributed by atoms with Crippen LogP contribution < -0.4 is 10.4 Å². The van der Waals surface area contributed by atoms with Crippen LogP contribution in [0.1, 0.15) is 39.2 Å². The lowest BCUT2D eigenvalue weighted by Gasteiger charge is -2.33. The number of anilines is 1. The number of hydrogen-bond donors (Lipinski definition) is 3. The summed E-state index contributed by atoms with van der Waals surface area (Å²) in [5.41, 5.74) is 2.71. The zero-order valence-corrected chi connectivity index (χ0v) is 12.6. The van der Waals surface area contributed by atoms with Gasteiger partial charge >= 0.3 is 6.09 Å². The van der Waals surface area contributed by atoms with E-state index >= 15 is 0 Å². The fraction of sp³-hybridized carbons (Fsp3) is 0.467. The zero-order valence-electron chi connectivity index (χ0n) is 12.6. The first-order valence-electron chi connectivity index (χ1n) is 6.80. The maximum Gasteiger partial charge on any atom is 0.412 e. The minimum atomic E-state index is -0.991. The van der Waals surface area contributed by atoms with E-state index in [1.54, 1.807) is 17.6 Å². The first-order valence-corrected chi connectivity index (χ1v) is 6.80. The summed E-state index contributed by atoms with van der Waals surface area (Å²) in [5.74, 6) is -0.406. The Labute approximate surface area is 124 Å². The number of hydrogen-bond acceptors (Lipinski definition) is 3. The molecule has 1 aromatic rings. The smallest absolute Gasteiger partial charge is 0.412 e. The molecule has 0 unspecified atom stereocenters. The molecule has 0 spiro atoms. The first kappa shape index (κ1) is 17.0. The maximum atomic E-state index is 11.4. The van der Waals surface area contributed by atoms with Gasteiger partial charge in [0.25, 0.3) is 0 Å². The van der Waals surface area contributed by atoms with Gasteiger partial charge in [-0.15, -0.1) is 0 Å². The zero-order chi connectivity index (χ0) is 16.0.